The lowest BCUT2D eigenvalue weighted by atomic mass is 10.1. The molecule has 120 valence electrons. The van der Waals surface area contributed by atoms with Crippen molar-refractivity contribution >= 4 is 23.5 Å². The van der Waals surface area contributed by atoms with Crippen LogP contribution in [0.5, 0.6) is 11.5 Å². The van der Waals surface area contributed by atoms with Gasteiger partial charge in [0.2, 0.25) is 0 Å². The van der Waals surface area contributed by atoms with Gasteiger partial charge < -0.3 is 14.0 Å². The van der Waals surface area contributed by atoms with E-state index in [4.69, 9.17) is 14.7 Å². The Balaban J connectivity index is 2.70. The van der Waals surface area contributed by atoms with E-state index >= 15 is 0 Å². The number of hydrogen-bond acceptors (Lipinski definition) is 5. The molecule has 1 heterocycles. The Morgan fingerprint density at radius 2 is 2.13 bits per heavy atom. The molecule has 5 nitrogen and oxygen atoms in total. The van der Waals surface area contributed by atoms with Gasteiger partial charge in [-0.25, -0.2) is 0 Å². The maximum Gasteiger partial charge on any atom is 0.268 e. The SMILES string of the molecule is COc1cccc(/C=c2\s/c(=C\C#N)n(C)c2=O)c1OC(C)C. The van der Waals surface area contributed by atoms with E-state index in [1.54, 1.807) is 20.2 Å². The number of thiazole rings is 1. The number of hydrogen-bond donors (Lipinski definition) is 0. The van der Waals surface area contributed by atoms with Crippen LogP contribution in [0.4, 0.5) is 0 Å². The van der Waals surface area contributed by atoms with E-state index in [0.717, 1.165) is 5.56 Å². The first-order valence-electron chi connectivity index (χ1n) is 7.09. The summed E-state index contributed by atoms with van der Waals surface area (Å²) in [5.74, 6) is 1.22. The number of ether oxygens (including phenoxy) is 2. The molecular weight excluding hydrogens is 312 g/mol. The van der Waals surface area contributed by atoms with Crippen LogP contribution in [0.25, 0.3) is 12.2 Å². The Morgan fingerprint density at radius 1 is 1.39 bits per heavy atom. The van der Waals surface area contributed by atoms with Crippen molar-refractivity contribution in [2.45, 2.75) is 20.0 Å². The van der Waals surface area contributed by atoms with E-state index in [1.165, 1.54) is 22.0 Å². The molecule has 0 saturated carbocycles. The highest BCUT2D eigenvalue weighted by molar-refractivity contribution is 7.07. The summed E-state index contributed by atoms with van der Waals surface area (Å²) in [6.07, 6.45) is 3.11. The van der Waals surface area contributed by atoms with Gasteiger partial charge in [0.15, 0.2) is 11.5 Å². The Bertz CT molecular complexity index is 917. The van der Waals surface area contributed by atoms with Crippen LogP contribution in [-0.4, -0.2) is 17.8 Å². The Labute approximate surface area is 138 Å². The van der Waals surface area contributed by atoms with Crippen molar-refractivity contribution in [1.29, 1.82) is 5.26 Å². The molecule has 0 aliphatic carbocycles. The molecule has 6 heteroatoms. The van der Waals surface area contributed by atoms with E-state index in [9.17, 15) is 4.79 Å². The molecule has 0 fully saturated rings. The zero-order valence-corrected chi connectivity index (χ0v) is 14.3. The molecule has 1 aromatic heterocycles. The molecule has 23 heavy (non-hydrogen) atoms. The molecule has 0 aliphatic heterocycles. The quantitative estimate of drug-likeness (QED) is 0.849. The normalized spacial score (nSPS) is 12.5. The van der Waals surface area contributed by atoms with Crippen molar-refractivity contribution in [2.75, 3.05) is 7.11 Å². The Kier molecular flexibility index (Phi) is 5.24. The average Bonchev–Trinajstić information content (AvgIpc) is 2.77. The first-order chi connectivity index (χ1) is 11.0. The third-order valence-electron chi connectivity index (χ3n) is 3.12. The number of nitriles is 1. The lowest BCUT2D eigenvalue weighted by Gasteiger charge is -2.15. The van der Waals surface area contributed by atoms with Crippen LogP contribution in [0, 0.1) is 11.3 Å². The van der Waals surface area contributed by atoms with Gasteiger partial charge in [-0.05, 0) is 26.0 Å². The van der Waals surface area contributed by atoms with Gasteiger partial charge in [-0.2, -0.15) is 5.26 Å². The molecule has 2 rings (SSSR count). The first-order valence-corrected chi connectivity index (χ1v) is 7.90. The molecule has 0 bridgehead atoms. The molecule has 1 aromatic carbocycles. The van der Waals surface area contributed by atoms with Gasteiger partial charge in [-0.3, -0.25) is 4.79 Å². The Morgan fingerprint density at radius 3 is 2.74 bits per heavy atom. The predicted octanol–water partition coefficient (Wildman–Crippen LogP) is 1.38. The molecule has 0 amide bonds. The van der Waals surface area contributed by atoms with Crippen molar-refractivity contribution < 1.29 is 9.47 Å². The van der Waals surface area contributed by atoms with E-state index in [1.807, 2.05) is 38.1 Å². The fraction of sp³-hybridized carbons (Fsp3) is 0.294. The minimum atomic E-state index is -0.144. The van der Waals surface area contributed by atoms with Crippen LogP contribution in [0.15, 0.2) is 23.0 Å². The highest BCUT2D eigenvalue weighted by Crippen LogP contribution is 2.32. The maximum absolute atomic E-state index is 12.3. The lowest BCUT2D eigenvalue weighted by Crippen LogP contribution is -2.28. The van der Waals surface area contributed by atoms with Gasteiger partial charge >= 0.3 is 0 Å². The molecule has 0 spiro atoms. The predicted molar refractivity (Wildman–Crippen MR) is 91.2 cm³/mol. The zero-order chi connectivity index (χ0) is 17.0. The number of para-hydroxylation sites is 1. The number of nitrogens with zero attached hydrogens (tertiary/aromatic N) is 2. The van der Waals surface area contributed by atoms with Crippen LogP contribution in [0.3, 0.4) is 0 Å². The van der Waals surface area contributed by atoms with Crippen molar-refractivity contribution in [3.8, 4) is 17.6 Å². The standard InChI is InChI=1S/C17H18N2O3S/c1-11(2)22-16-12(6-5-7-13(16)21-4)10-14-17(20)19(3)15(23-14)8-9-18/h5-8,10-11H,1-4H3/b14-10-,15-8-. The van der Waals surface area contributed by atoms with E-state index in [0.29, 0.717) is 20.7 Å². The molecule has 0 atom stereocenters. The van der Waals surface area contributed by atoms with Crippen LogP contribution in [0.2, 0.25) is 0 Å². The van der Waals surface area contributed by atoms with E-state index in [2.05, 4.69) is 0 Å². The van der Waals surface area contributed by atoms with Crippen molar-refractivity contribution in [3.05, 3.63) is 43.3 Å². The second-order valence-corrected chi connectivity index (χ2v) is 6.19. The number of benzene rings is 1. The van der Waals surface area contributed by atoms with Crippen LogP contribution < -0.4 is 24.2 Å². The highest BCUT2D eigenvalue weighted by Gasteiger charge is 2.11. The van der Waals surface area contributed by atoms with Gasteiger partial charge in [0, 0.05) is 18.7 Å². The maximum atomic E-state index is 12.3. The van der Waals surface area contributed by atoms with Crippen LogP contribution in [0.1, 0.15) is 19.4 Å². The lowest BCUT2D eigenvalue weighted by molar-refractivity contribution is 0.229. The van der Waals surface area contributed by atoms with Gasteiger partial charge in [-0.15, -0.1) is 11.3 Å². The number of aromatic nitrogens is 1. The molecule has 0 radical (unpaired) electrons. The van der Waals surface area contributed by atoms with Crippen molar-refractivity contribution in [2.24, 2.45) is 7.05 Å². The minimum absolute atomic E-state index is 0.0212. The van der Waals surface area contributed by atoms with Crippen molar-refractivity contribution in [1.82, 2.24) is 4.57 Å². The fourth-order valence-electron chi connectivity index (χ4n) is 2.07. The summed E-state index contributed by atoms with van der Waals surface area (Å²) >= 11 is 1.27. The molecular formula is C17H18N2O3S. The molecule has 0 N–H and O–H groups in total. The monoisotopic (exact) mass is 330 g/mol. The summed E-state index contributed by atoms with van der Waals surface area (Å²) in [6, 6.07) is 7.48. The second-order valence-electron chi connectivity index (χ2n) is 5.13. The second kappa shape index (κ2) is 7.16. The smallest absolute Gasteiger partial charge is 0.268 e. The topological polar surface area (TPSA) is 64.2 Å². The molecule has 0 aliphatic rings. The molecule has 0 saturated heterocycles. The van der Waals surface area contributed by atoms with Gasteiger partial charge in [0.05, 0.1) is 23.8 Å². The number of methoxy groups -OCH3 is 1. The summed E-state index contributed by atoms with van der Waals surface area (Å²) in [7, 11) is 3.23. The molecule has 2 aromatic rings. The van der Waals surface area contributed by atoms with Crippen LogP contribution >= 0.6 is 11.3 Å². The fourth-order valence-corrected chi connectivity index (χ4v) is 3.04. The summed E-state index contributed by atoms with van der Waals surface area (Å²) in [5, 5.41) is 8.78. The molecule has 0 unspecified atom stereocenters. The van der Waals surface area contributed by atoms with Gasteiger partial charge in [0.25, 0.3) is 5.56 Å². The summed E-state index contributed by atoms with van der Waals surface area (Å²) in [5.41, 5.74) is 0.621. The minimum Gasteiger partial charge on any atom is -0.493 e. The third-order valence-corrected chi connectivity index (χ3v) is 4.23. The Hall–Kier alpha value is -2.52. The average molecular weight is 330 g/mol. The van der Waals surface area contributed by atoms with Gasteiger partial charge in [-0.1, -0.05) is 12.1 Å². The largest absolute Gasteiger partial charge is 0.493 e. The summed E-state index contributed by atoms with van der Waals surface area (Å²) < 4.78 is 13.8. The third kappa shape index (κ3) is 3.63. The van der Waals surface area contributed by atoms with Gasteiger partial charge in [0.1, 0.15) is 4.66 Å². The summed E-state index contributed by atoms with van der Waals surface area (Å²) in [6.45, 7) is 3.86. The number of rotatable bonds is 4. The van der Waals surface area contributed by atoms with Crippen LogP contribution in [-0.2, 0) is 7.05 Å². The zero-order valence-electron chi connectivity index (χ0n) is 13.5. The first kappa shape index (κ1) is 16.8. The van der Waals surface area contributed by atoms with Crippen molar-refractivity contribution in [3.63, 3.8) is 0 Å². The highest BCUT2D eigenvalue weighted by atomic mass is 32.1. The van der Waals surface area contributed by atoms with E-state index in [-0.39, 0.29) is 11.7 Å². The summed E-state index contributed by atoms with van der Waals surface area (Å²) in [4.78, 5) is 12.3. The van der Waals surface area contributed by atoms with E-state index < -0.39 is 0 Å².